The minimum atomic E-state index is -0.638. The lowest BCUT2D eigenvalue weighted by molar-refractivity contribution is 1.08. The van der Waals surface area contributed by atoms with Crippen LogP contribution in [0, 0.1) is 11.3 Å². The Bertz CT molecular complexity index is 241. The molecular weight excluding hydrogens is 150 g/mol. The van der Waals surface area contributed by atoms with E-state index in [4.69, 9.17) is 16.9 Å². The van der Waals surface area contributed by atoms with Gasteiger partial charge in [-0.25, -0.2) is 9.97 Å². The van der Waals surface area contributed by atoms with Crippen molar-refractivity contribution in [2.45, 2.75) is 5.38 Å². The summed E-state index contributed by atoms with van der Waals surface area (Å²) in [4.78, 5) is 7.41. The van der Waals surface area contributed by atoms with Crippen LogP contribution in [0.2, 0.25) is 0 Å². The van der Waals surface area contributed by atoms with Crippen LogP contribution in [-0.2, 0) is 0 Å². The molecule has 0 N–H and O–H groups in total. The van der Waals surface area contributed by atoms with Gasteiger partial charge in [0.1, 0.15) is 11.7 Å². The number of hydrogen-bond acceptors (Lipinski definition) is 3. The van der Waals surface area contributed by atoms with Gasteiger partial charge in [0.2, 0.25) is 0 Å². The van der Waals surface area contributed by atoms with E-state index < -0.39 is 5.38 Å². The molecular formula is C6H4ClN3. The number of nitriles is 1. The van der Waals surface area contributed by atoms with E-state index in [0.29, 0.717) is 5.56 Å². The van der Waals surface area contributed by atoms with Crippen molar-refractivity contribution in [1.29, 1.82) is 5.26 Å². The van der Waals surface area contributed by atoms with Crippen LogP contribution < -0.4 is 0 Å². The Hall–Kier alpha value is -1.14. The molecule has 0 saturated heterocycles. The third-order valence-corrected chi connectivity index (χ3v) is 1.34. The summed E-state index contributed by atoms with van der Waals surface area (Å²) in [5.74, 6) is 0. The zero-order valence-corrected chi connectivity index (χ0v) is 5.78. The maximum Gasteiger partial charge on any atom is 0.148 e. The Morgan fingerprint density at radius 2 is 2.10 bits per heavy atom. The predicted molar refractivity (Wildman–Crippen MR) is 36.2 cm³/mol. The zero-order chi connectivity index (χ0) is 7.40. The molecule has 0 aliphatic carbocycles. The van der Waals surface area contributed by atoms with Gasteiger partial charge in [0.15, 0.2) is 0 Å². The lowest BCUT2D eigenvalue weighted by Crippen LogP contribution is -1.88. The van der Waals surface area contributed by atoms with Gasteiger partial charge in [-0.05, 0) is 0 Å². The molecule has 10 heavy (non-hydrogen) atoms. The molecule has 4 heteroatoms. The Kier molecular flexibility index (Phi) is 2.19. The van der Waals surface area contributed by atoms with E-state index in [1.807, 2.05) is 6.07 Å². The van der Waals surface area contributed by atoms with Crippen molar-refractivity contribution in [1.82, 2.24) is 9.97 Å². The summed E-state index contributed by atoms with van der Waals surface area (Å²) in [7, 11) is 0. The first-order chi connectivity index (χ1) is 4.84. The van der Waals surface area contributed by atoms with Crippen LogP contribution in [0.25, 0.3) is 0 Å². The standard InChI is InChI=1S/C6H4ClN3/c7-6(1-8)5-2-9-4-10-3-5/h2-4,6H. The molecule has 0 aliphatic heterocycles. The maximum absolute atomic E-state index is 8.35. The highest BCUT2D eigenvalue weighted by Crippen LogP contribution is 2.15. The Balaban J connectivity index is 2.88. The molecule has 0 amide bonds. The largest absolute Gasteiger partial charge is 0.244 e. The third kappa shape index (κ3) is 1.42. The molecule has 1 aromatic heterocycles. The molecule has 0 saturated carbocycles. The first-order valence-corrected chi connectivity index (χ1v) is 3.07. The summed E-state index contributed by atoms with van der Waals surface area (Å²) in [5, 5.41) is 7.71. The minimum Gasteiger partial charge on any atom is -0.244 e. The molecule has 1 heterocycles. The van der Waals surface area contributed by atoms with Gasteiger partial charge in [-0.2, -0.15) is 5.26 Å². The second kappa shape index (κ2) is 3.14. The average Bonchev–Trinajstić information content (AvgIpc) is 2.05. The molecule has 0 fully saturated rings. The van der Waals surface area contributed by atoms with Crippen LogP contribution >= 0.6 is 11.6 Å². The fourth-order valence-electron chi connectivity index (χ4n) is 0.516. The molecule has 0 bridgehead atoms. The van der Waals surface area contributed by atoms with Crippen LogP contribution in [0.4, 0.5) is 0 Å². The number of halogens is 1. The van der Waals surface area contributed by atoms with E-state index in [-0.39, 0.29) is 0 Å². The molecule has 0 aromatic carbocycles. The Morgan fingerprint density at radius 1 is 1.50 bits per heavy atom. The van der Waals surface area contributed by atoms with Gasteiger partial charge in [-0.15, -0.1) is 11.6 Å². The highest BCUT2D eigenvalue weighted by molar-refractivity contribution is 6.22. The van der Waals surface area contributed by atoms with Crippen LogP contribution in [0.5, 0.6) is 0 Å². The number of rotatable bonds is 1. The number of nitrogens with zero attached hydrogens (tertiary/aromatic N) is 3. The van der Waals surface area contributed by atoms with Crippen molar-refractivity contribution in [3.63, 3.8) is 0 Å². The zero-order valence-electron chi connectivity index (χ0n) is 5.03. The molecule has 1 aromatic rings. The van der Waals surface area contributed by atoms with Crippen molar-refractivity contribution in [3.8, 4) is 6.07 Å². The number of aromatic nitrogens is 2. The molecule has 1 atom stereocenters. The van der Waals surface area contributed by atoms with E-state index in [0.717, 1.165) is 0 Å². The summed E-state index contributed by atoms with van der Waals surface area (Å²) in [6.45, 7) is 0. The van der Waals surface area contributed by atoms with Crippen LogP contribution in [0.15, 0.2) is 18.7 Å². The highest BCUT2D eigenvalue weighted by atomic mass is 35.5. The van der Waals surface area contributed by atoms with Crippen molar-refractivity contribution < 1.29 is 0 Å². The van der Waals surface area contributed by atoms with Gasteiger partial charge in [-0.3, -0.25) is 0 Å². The van der Waals surface area contributed by atoms with Gasteiger partial charge in [0.05, 0.1) is 6.07 Å². The van der Waals surface area contributed by atoms with Crippen molar-refractivity contribution in [2.24, 2.45) is 0 Å². The smallest absolute Gasteiger partial charge is 0.148 e. The van der Waals surface area contributed by atoms with Gasteiger partial charge in [0, 0.05) is 18.0 Å². The van der Waals surface area contributed by atoms with E-state index in [9.17, 15) is 0 Å². The number of alkyl halides is 1. The summed E-state index contributed by atoms with van der Waals surface area (Å²) in [6, 6.07) is 1.87. The fourth-order valence-corrected chi connectivity index (χ4v) is 0.629. The van der Waals surface area contributed by atoms with E-state index in [1.54, 1.807) is 0 Å². The highest BCUT2D eigenvalue weighted by Gasteiger charge is 2.04. The van der Waals surface area contributed by atoms with Crippen LogP contribution in [-0.4, -0.2) is 9.97 Å². The first-order valence-electron chi connectivity index (χ1n) is 2.63. The molecule has 0 spiro atoms. The third-order valence-electron chi connectivity index (χ3n) is 0.987. The second-order valence-electron chi connectivity index (χ2n) is 1.66. The van der Waals surface area contributed by atoms with E-state index in [1.165, 1.54) is 18.7 Å². The Labute approximate surface area is 63.3 Å². The molecule has 50 valence electrons. The van der Waals surface area contributed by atoms with E-state index in [2.05, 4.69) is 9.97 Å². The predicted octanol–water partition coefficient (Wildman–Crippen LogP) is 1.28. The van der Waals surface area contributed by atoms with Gasteiger partial charge in [0.25, 0.3) is 0 Å². The SMILES string of the molecule is N#CC(Cl)c1cncnc1. The quantitative estimate of drug-likeness (QED) is 0.571. The van der Waals surface area contributed by atoms with Crippen LogP contribution in [0.3, 0.4) is 0 Å². The first kappa shape index (κ1) is 6.97. The summed E-state index contributed by atoms with van der Waals surface area (Å²) >= 11 is 5.55. The van der Waals surface area contributed by atoms with Gasteiger partial charge >= 0.3 is 0 Å². The van der Waals surface area contributed by atoms with Crippen LogP contribution in [0.1, 0.15) is 10.9 Å². The molecule has 0 aliphatic rings. The summed E-state index contributed by atoms with van der Waals surface area (Å²) in [5.41, 5.74) is 0.631. The number of hydrogen-bond donors (Lipinski definition) is 0. The second-order valence-corrected chi connectivity index (χ2v) is 2.10. The van der Waals surface area contributed by atoms with Gasteiger partial charge in [-0.1, -0.05) is 0 Å². The van der Waals surface area contributed by atoms with Crippen molar-refractivity contribution >= 4 is 11.6 Å². The monoisotopic (exact) mass is 153 g/mol. The van der Waals surface area contributed by atoms with Crippen molar-refractivity contribution in [2.75, 3.05) is 0 Å². The summed E-state index contributed by atoms with van der Waals surface area (Å²) < 4.78 is 0. The normalized spacial score (nSPS) is 12.0. The average molecular weight is 154 g/mol. The van der Waals surface area contributed by atoms with Crippen molar-refractivity contribution in [3.05, 3.63) is 24.3 Å². The Morgan fingerprint density at radius 3 is 2.60 bits per heavy atom. The summed E-state index contributed by atoms with van der Waals surface area (Å²) in [6.07, 6.45) is 4.44. The molecule has 1 unspecified atom stereocenters. The maximum atomic E-state index is 8.35. The lowest BCUT2D eigenvalue weighted by Gasteiger charge is -1.95. The van der Waals surface area contributed by atoms with Gasteiger partial charge < -0.3 is 0 Å². The lowest BCUT2D eigenvalue weighted by atomic mass is 10.3. The molecule has 3 nitrogen and oxygen atoms in total. The topological polar surface area (TPSA) is 49.6 Å². The minimum absolute atomic E-state index is 0.631. The molecule has 0 radical (unpaired) electrons. The fraction of sp³-hybridized carbons (Fsp3) is 0.167. The molecule has 1 rings (SSSR count). The van der Waals surface area contributed by atoms with E-state index >= 15 is 0 Å².